The monoisotopic (exact) mass is 324 g/mol. The van der Waals surface area contributed by atoms with E-state index < -0.39 is 0 Å². The molecule has 0 saturated carbocycles. The van der Waals surface area contributed by atoms with Gasteiger partial charge in [0.05, 0.1) is 13.2 Å². The van der Waals surface area contributed by atoms with Gasteiger partial charge < -0.3 is 4.74 Å². The van der Waals surface area contributed by atoms with Crippen molar-refractivity contribution in [1.29, 1.82) is 0 Å². The Morgan fingerprint density at radius 3 is 2.12 bits per heavy atom. The number of unbranched alkanes of at least 4 members (excludes halogenated alkanes) is 2. The third-order valence-electron chi connectivity index (χ3n) is 4.52. The van der Waals surface area contributed by atoms with Crippen LogP contribution in [0.25, 0.3) is 0 Å². The van der Waals surface area contributed by atoms with Crippen molar-refractivity contribution >= 4 is 0 Å². The first-order chi connectivity index (χ1) is 11.8. The van der Waals surface area contributed by atoms with Crippen LogP contribution in [-0.2, 0) is 30.6 Å². The molecule has 0 unspecified atom stereocenters. The molecule has 0 heterocycles. The zero-order valence-corrected chi connectivity index (χ0v) is 15.4. The smallest absolute Gasteiger partial charge is 0.0717 e. The van der Waals surface area contributed by atoms with Gasteiger partial charge in [-0.15, -0.1) is 0 Å². The van der Waals surface area contributed by atoms with Crippen LogP contribution in [0.3, 0.4) is 0 Å². The molecule has 0 bridgehead atoms. The van der Waals surface area contributed by atoms with Gasteiger partial charge in [-0.05, 0) is 54.4 Å². The van der Waals surface area contributed by atoms with E-state index >= 15 is 0 Å². The Labute approximate surface area is 148 Å². The van der Waals surface area contributed by atoms with E-state index in [1.807, 2.05) is 6.07 Å². The van der Waals surface area contributed by atoms with Gasteiger partial charge in [-0.25, -0.2) is 0 Å². The summed E-state index contributed by atoms with van der Waals surface area (Å²) in [5.41, 5.74) is 5.77. The molecule has 0 aromatic heterocycles. The Morgan fingerprint density at radius 1 is 0.708 bits per heavy atom. The molecule has 2 rings (SSSR count). The zero-order valence-electron chi connectivity index (χ0n) is 15.4. The molecule has 0 atom stereocenters. The molecule has 0 N–H and O–H groups in total. The molecule has 2 aromatic carbocycles. The molecule has 0 amide bonds. The van der Waals surface area contributed by atoms with Gasteiger partial charge in [0.15, 0.2) is 0 Å². The van der Waals surface area contributed by atoms with Crippen LogP contribution in [0.4, 0.5) is 0 Å². The summed E-state index contributed by atoms with van der Waals surface area (Å²) in [6, 6.07) is 17.5. The first kappa shape index (κ1) is 18.7. The van der Waals surface area contributed by atoms with Crippen LogP contribution in [0.2, 0.25) is 0 Å². The molecular formula is C23H32O. The summed E-state index contributed by atoms with van der Waals surface area (Å²) in [6.07, 6.45) is 8.54. The second-order valence-electron chi connectivity index (χ2n) is 6.60. The second kappa shape index (κ2) is 11.0. The van der Waals surface area contributed by atoms with Crippen molar-refractivity contribution in [2.45, 2.75) is 65.4 Å². The molecule has 0 aliphatic rings. The van der Waals surface area contributed by atoms with Gasteiger partial charge in [-0.1, -0.05) is 75.2 Å². The lowest BCUT2D eigenvalue weighted by Crippen LogP contribution is -2.02. The fourth-order valence-corrected chi connectivity index (χ4v) is 3.00. The molecule has 24 heavy (non-hydrogen) atoms. The molecule has 0 aliphatic carbocycles. The van der Waals surface area contributed by atoms with E-state index in [1.165, 1.54) is 49.7 Å². The summed E-state index contributed by atoms with van der Waals surface area (Å²) in [5, 5.41) is 0. The zero-order chi connectivity index (χ0) is 17.0. The van der Waals surface area contributed by atoms with E-state index in [4.69, 9.17) is 4.74 Å². The molecule has 2 aromatic rings. The van der Waals surface area contributed by atoms with Gasteiger partial charge in [-0.3, -0.25) is 0 Å². The number of hydrogen-bond donors (Lipinski definition) is 0. The Hall–Kier alpha value is -1.60. The normalized spacial score (nSPS) is 10.9. The molecule has 0 spiro atoms. The summed E-state index contributed by atoms with van der Waals surface area (Å²) in [5.74, 6) is 0. The Bertz CT molecular complexity index is 574. The first-order valence-corrected chi connectivity index (χ1v) is 9.55. The second-order valence-corrected chi connectivity index (χ2v) is 6.60. The maximum Gasteiger partial charge on any atom is 0.0717 e. The number of rotatable bonds is 11. The highest BCUT2D eigenvalue weighted by atomic mass is 16.5. The summed E-state index contributed by atoms with van der Waals surface area (Å²) in [4.78, 5) is 0. The molecule has 0 radical (unpaired) electrons. The van der Waals surface area contributed by atoms with Crippen molar-refractivity contribution in [3.05, 3.63) is 70.8 Å². The fraction of sp³-hybridized carbons (Fsp3) is 0.478. The lowest BCUT2D eigenvalue weighted by Gasteiger charge is -2.12. The van der Waals surface area contributed by atoms with Crippen molar-refractivity contribution in [1.82, 2.24) is 0 Å². The van der Waals surface area contributed by atoms with Crippen molar-refractivity contribution in [2.75, 3.05) is 6.61 Å². The largest absolute Gasteiger partial charge is 0.376 e. The van der Waals surface area contributed by atoms with Crippen LogP contribution in [0.1, 0.15) is 61.8 Å². The average Bonchev–Trinajstić information content (AvgIpc) is 2.63. The Morgan fingerprint density at radius 2 is 1.42 bits per heavy atom. The number of benzene rings is 2. The first-order valence-electron chi connectivity index (χ1n) is 9.55. The summed E-state index contributed by atoms with van der Waals surface area (Å²) in [6.45, 7) is 6.03. The van der Waals surface area contributed by atoms with Crippen molar-refractivity contribution < 1.29 is 4.74 Å². The van der Waals surface area contributed by atoms with E-state index in [0.29, 0.717) is 6.61 Å². The van der Waals surface area contributed by atoms with Crippen LogP contribution in [0.15, 0.2) is 48.5 Å². The van der Waals surface area contributed by atoms with E-state index in [0.717, 1.165) is 13.0 Å². The highest BCUT2D eigenvalue weighted by Crippen LogP contribution is 2.18. The molecular weight excluding hydrogens is 292 g/mol. The SMILES string of the molecule is CCCCc1ccc(CCOCc2ccccc2)cc1CCCC. The lowest BCUT2D eigenvalue weighted by atomic mass is 9.95. The van der Waals surface area contributed by atoms with Crippen molar-refractivity contribution in [3.63, 3.8) is 0 Å². The van der Waals surface area contributed by atoms with Gasteiger partial charge in [0.25, 0.3) is 0 Å². The van der Waals surface area contributed by atoms with E-state index in [2.05, 4.69) is 56.3 Å². The fourth-order valence-electron chi connectivity index (χ4n) is 3.00. The quantitative estimate of drug-likeness (QED) is 0.452. The van der Waals surface area contributed by atoms with Crippen LogP contribution in [0, 0.1) is 0 Å². The van der Waals surface area contributed by atoms with E-state index in [-0.39, 0.29) is 0 Å². The highest BCUT2D eigenvalue weighted by molar-refractivity contribution is 5.32. The summed E-state index contributed by atoms with van der Waals surface area (Å²) in [7, 11) is 0. The summed E-state index contributed by atoms with van der Waals surface area (Å²) >= 11 is 0. The third-order valence-corrected chi connectivity index (χ3v) is 4.52. The molecule has 1 heteroatoms. The minimum atomic E-state index is 0.706. The minimum Gasteiger partial charge on any atom is -0.376 e. The third kappa shape index (κ3) is 6.49. The van der Waals surface area contributed by atoms with Crippen LogP contribution in [-0.4, -0.2) is 6.61 Å². The molecule has 0 saturated heterocycles. The van der Waals surface area contributed by atoms with Crippen molar-refractivity contribution in [2.24, 2.45) is 0 Å². The van der Waals surface area contributed by atoms with Gasteiger partial charge in [0.1, 0.15) is 0 Å². The minimum absolute atomic E-state index is 0.706. The van der Waals surface area contributed by atoms with E-state index in [9.17, 15) is 0 Å². The number of aryl methyl sites for hydroxylation is 2. The number of hydrogen-bond acceptors (Lipinski definition) is 1. The van der Waals surface area contributed by atoms with Crippen LogP contribution in [0.5, 0.6) is 0 Å². The van der Waals surface area contributed by atoms with Crippen molar-refractivity contribution in [3.8, 4) is 0 Å². The summed E-state index contributed by atoms with van der Waals surface area (Å²) < 4.78 is 5.84. The molecule has 0 fully saturated rings. The van der Waals surface area contributed by atoms with E-state index in [1.54, 1.807) is 11.1 Å². The maximum atomic E-state index is 5.84. The van der Waals surface area contributed by atoms with Crippen LogP contribution < -0.4 is 0 Å². The van der Waals surface area contributed by atoms with Gasteiger partial charge in [0, 0.05) is 0 Å². The average molecular weight is 325 g/mol. The Balaban J connectivity index is 1.87. The standard InChI is InChI=1S/C23H32O/c1-3-5-12-22-15-14-20(18-23(22)13-6-4-2)16-17-24-19-21-10-8-7-9-11-21/h7-11,14-15,18H,3-6,12-13,16-17,19H2,1-2H3. The molecule has 130 valence electrons. The predicted octanol–water partition coefficient (Wildman–Crippen LogP) is 6.13. The van der Waals surface area contributed by atoms with Gasteiger partial charge in [0.2, 0.25) is 0 Å². The number of ether oxygens (including phenoxy) is 1. The van der Waals surface area contributed by atoms with Crippen LogP contribution >= 0.6 is 0 Å². The topological polar surface area (TPSA) is 9.23 Å². The molecule has 0 aliphatic heterocycles. The highest BCUT2D eigenvalue weighted by Gasteiger charge is 2.04. The maximum absolute atomic E-state index is 5.84. The van der Waals surface area contributed by atoms with Gasteiger partial charge in [-0.2, -0.15) is 0 Å². The Kier molecular flexibility index (Phi) is 8.62. The van der Waals surface area contributed by atoms with Gasteiger partial charge >= 0.3 is 0 Å². The lowest BCUT2D eigenvalue weighted by molar-refractivity contribution is 0.124. The predicted molar refractivity (Wildman–Crippen MR) is 103 cm³/mol. The molecule has 1 nitrogen and oxygen atoms in total.